The van der Waals surface area contributed by atoms with E-state index in [1.807, 2.05) is 0 Å². The zero-order valence-electron chi connectivity index (χ0n) is 8.78. The lowest BCUT2D eigenvalue weighted by molar-refractivity contribution is 0.566. The highest BCUT2D eigenvalue weighted by molar-refractivity contribution is 7.94. The summed E-state index contributed by atoms with van der Waals surface area (Å²) in [6, 6.07) is 4.77. The normalized spacial score (nSPS) is 12.5. The van der Waals surface area contributed by atoms with Crippen LogP contribution < -0.4 is 4.72 Å². The minimum Gasteiger partial charge on any atom is -0.267 e. The summed E-state index contributed by atoms with van der Waals surface area (Å²) in [6.07, 6.45) is 0. The number of nitrogens with zero attached hydrogens (tertiary/aromatic N) is 1. The maximum Gasteiger partial charge on any atom is 0.238 e. The average Bonchev–Trinajstić information content (AvgIpc) is 2.00. The van der Waals surface area contributed by atoms with E-state index in [4.69, 9.17) is 11.6 Å². The molecule has 1 N–H and O–H groups in total. The second kappa shape index (κ2) is 3.98. The fourth-order valence-corrected chi connectivity index (χ4v) is 1.61. The Morgan fingerprint density at radius 1 is 1.33 bits per heavy atom. The number of rotatable bonds is 2. The minimum absolute atomic E-state index is 0.234. The van der Waals surface area contributed by atoms with Gasteiger partial charge in [-0.05, 0) is 32.9 Å². The third kappa shape index (κ3) is 3.07. The number of hydrogen-bond donors (Lipinski definition) is 1. The van der Waals surface area contributed by atoms with Gasteiger partial charge in [-0.15, -0.1) is 0 Å². The highest BCUT2D eigenvalue weighted by Crippen LogP contribution is 2.18. The number of sulfonamides is 1. The first-order chi connectivity index (χ1) is 6.72. The van der Waals surface area contributed by atoms with Gasteiger partial charge in [-0.3, -0.25) is 4.72 Å². The lowest BCUT2D eigenvalue weighted by atomic mass is 10.3. The van der Waals surface area contributed by atoms with E-state index in [2.05, 4.69) is 9.71 Å². The summed E-state index contributed by atoms with van der Waals surface area (Å²) in [5, 5.41) is 0.254. The van der Waals surface area contributed by atoms with Crippen LogP contribution in [0.15, 0.2) is 18.2 Å². The van der Waals surface area contributed by atoms with Crippen LogP contribution in [0.2, 0.25) is 5.15 Å². The van der Waals surface area contributed by atoms with Crippen LogP contribution in [0.3, 0.4) is 0 Å². The SMILES string of the molecule is CC(C)(C)S(=O)(=O)Nc1cccc(Cl)n1. The molecule has 0 aliphatic carbocycles. The monoisotopic (exact) mass is 248 g/mol. The van der Waals surface area contributed by atoms with Gasteiger partial charge in [-0.1, -0.05) is 17.7 Å². The molecule has 0 aliphatic heterocycles. The molecular weight excluding hydrogens is 236 g/mol. The molecule has 0 amide bonds. The third-order valence-electron chi connectivity index (χ3n) is 1.76. The molecule has 84 valence electrons. The van der Waals surface area contributed by atoms with E-state index in [0.717, 1.165) is 0 Å². The molecule has 0 aliphatic rings. The second-order valence-corrected chi connectivity index (χ2v) is 6.89. The lowest BCUT2D eigenvalue weighted by Crippen LogP contribution is -2.33. The van der Waals surface area contributed by atoms with Crippen LogP contribution in [-0.4, -0.2) is 18.1 Å². The van der Waals surface area contributed by atoms with E-state index in [9.17, 15) is 8.42 Å². The Balaban J connectivity index is 2.98. The zero-order chi connectivity index (χ0) is 11.7. The van der Waals surface area contributed by atoms with Crippen molar-refractivity contribution in [1.82, 2.24) is 4.98 Å². The van der Waals surface area contributed by atoms with E-state index in [1.54, 1.807) is 39.0 Å². The molecule has 0 atom stereocenters. The summed E-state index contributed by atoms with van der Waals surface area (Å²) in [4.78, 5) is 3.85. The highest BCUT2D eigenvalue weighted by atomic mass is 35.5. The van der Waals surface area contributed by atoms with E-state index < -0.39 is 14.8 Å². The molecule has 0 saturated heterocycles. The summed E-state index contributed by atoms with van der Waals surface area (Å²) in [6.45, 7) is 4.83. The van der Waals surface area contributed by atoms with Crippen molar-refractivity contribution >= 4 is 27.4 Å². The molecule has 1 heterocycles. The van der Waals surface area contributed by atoms with Crippen molar-refractivity contribution in [2.45, 2.75) is 25.5 Å². The number of nitrogens with one attached hydrogen (secondary N) is 1. The molecular formula is C9H13ClN2O2S. The maximum atomic E-state index is 11.7. The summed E-state index contributed by atoms with van der Waals surface area (Å²) in [5.74, 6) is 0.234. The first-order valence-electron chi connectivity index (χ1n) is 4.37. The zero-order valence-corrected chi connectivity index (χ0v) is 10.4. The van der Waals surface area contributed by atoms with Gasteiger partial charge in [-0.25, -0.2) is 13.4 Å². The first-order valence-corrected chi connectivity index (χ1v) is 6.23. The van der Waals surface area contributed by atoms with Crippen molar-refractivity contribution in [2.75, 3.05) is 4.72 Å². The van der Waals surface area contributed by atoms with Gasteiger partial charge in [0.1, 0.15) is 11.0 Å². The molecule has 1 aromatic heterocycles. The summed E-state index contributed by atoms with van der Waals surface area (Å²) < 4.78 is 25.0. The van der Waals surface area contributed by atoms with E-state index in [-0.39, 0.29) is 11.0 Å². The van der Waals surface area contributed by atoms with Crippen LogP contribution in [0.5, 0.6) is 0 Å². The molecule has 0 aromatic carbocycles. The van der Waals surface area contributed by atoms with Gasteiger partial charge in [0.2, 0.25) is 10.0 Å². The number of hydrogen-bond acceptors (Lipinski definition) is 3. The smallest absolute Gasteiger partial charge is 0.238 e. The highest BCUT2D eigenvalue weighted by Gasteiger charge is 2.29. The quantitative estimate of drug-likeness (QED) is 0.817. The minimum atomic E-state index is -3.44. The Morgan fingerprint density at radius 3 is 2.40 bits per heavy atom. The number of aromatic nitrogens is 1. The molecule has 4 nitrogen and oxygen atoms in total. The van der Waals surface area contributed by atoms with E-state index in [0.29, 0.717) is 0 Å². The van der Waals surface area contributed by atoms with E-state index >= 15 is 0 Å². The molecule has 6 heteroatoms. The molecule has 0 saturated carbocycles. The van der Waals surface area contributed by atoms with Crippen LogP contribution in [0, 0.1) is 0 Å². The third-order valence-corrected chi connectivity index (χ3v) is 4.06. The average molecular weight is 249 g/mol. The summed E-state index contributed by atoms with van der Waals surface area (Å²) in [7, 11) is -3.44. The fourth-order valence-electron chi connectivity index (χ4n) is 0.756. The number of pyridine rings is 1. The van der Waals surface area contributed by atoms with Crippen LogP contribution in [0.1, 0.15) is 20.8 Å². The van der Waals surface area contributed by atoms with Crippen LogP contribution in [0.4, 0.5) is 5.82 Å². The Hall–Kier alpha value is -0.810. The largest absolute Gasteiger partial charge is 0.267 e. The second-order valence-electron chi connectivity index (χ2n) is 4.06. The first kappa shape index (κ1) is 12.3. The molecule has 1 rings (SSSR count). The Kier molecular flexibility index (Phi) is 3.25. The van der Waals surface area contributed by atoms with Crippen molar-refractivity contribution in [3.05, 3.63) is 23.4 Å². The Labute approximate surface area is 94.7 Å². The molecule has 0 spiro atoms. The van der Waals surface area contributed by atoms with Crippen molar-refractivity contribution < 1.29 is 8.42 Å². The topological polar surface area (TPSA) is 59.1 Å². The summed E-state index contributed by atoms with van der Waals surface area (Å²) >= 11 is 5.64. The van der Waals surface area contributed by atoms with Crippen LogP contribution in [-0.2, 0) is 10.0 Å². The molecule has 1 aromatic rings. The Morgan fingerprint density at radius 2 is 1.93 bits per heavy atom. The van der Waals surface area contributed by atoms with E-state index in [1.165, 1.54) is 0 Å². The fraction of sp³-hybridized carbons (Fsp3) is 0.444. The maximum absolute atomic E-state index is 11.7. The number of halogens is 1. The van der Waals surface area contributed by atoms with Crippen LogP contribution >= 0.6 is 11.6 Å². The lowest BCUT2D eigenvalue weighted by Gasteiger charge is -2.19. The Bertz CT molecular complexity index is 451. The van der Waals surface area contributed by atoms with Crippen molar-refractivity contribution in [2.24, 2.45) is 0 Å². The van der Waals surface area contributed by atoms with Gasteiger partial charge in [0.15, 0.2) is 0 Å². The van der Waals surface area contributed by atoms with Gasteiger partial charge in [0.05, 0.1) is 4.75 Å². The van der Waals surface area contributed by atoms with Gasteiger partial charge < -0.3 is 0 Å². The van der Waals surface area contributed by atoms with Crippen molar-refractivity contribution in [1.29, 1.82) is 0 Å². The van der Waals surface area contributed by atoms with Crippen molar-refractivity contribution in [3.8, 4) is 0 Å². The van der Waals surface area contributed by atoms with Crippen LogP contribution in [0.25, 0.3) is 0 Å². The predicted octanol–water partition coefficient (Wildman–Crippen LogP) is 2.28. The van der Waals surface area contributed by atoms with Crippen molar-refractivity contribution in [3.63, 3.8) is 0 Å². The summed E-state index contributed by atoms with van der Waals surface area (Å²) in [5.41, 5.74) is 0. The molecule has 0 radical (unpaired) electrons. The molecule has 0 unspecified atom stereocenters. The van der Waals surface area contributed by atoms with Gasteiger partial charge in [0, 0.05) is 0 Å². The molecule has 0 bridgehead atoms. The standard InChI is InChI=1S/C9H13ClN2O2S/c1-9(2,3)15(13,14)12-8-6-4-5-7(10)11-8/h4-6H,1-3H3,(H,11,12). The van der Waals surface area contributed by atoms with Gasteiger partial charge >= 0.3 is 0 Å². The molecule has 0 fully saturated rings. The molecule has 15 heavy (non-hydrogen) atoms. The van der Waals surface area contributed by atoms with Gasteiger partial charge in [0.25, 0.3) is 0 Å². The number of anilines is 1. The predicted molar refractivity (Wildman–Crippen MR) is 61.5 cm³/mol. The van der Waals surface area contributed by atoms with Gasteiger partial charge in [-0.2, -0.15) is 0 Å².